The Morgan fingerprint density at radius 2 is 2.05 bits per heavy atom. The summed E-state index contributed by atoms with van der Waals surface area (Å²) < 4.78 is 30.2. The van der Waals surface area contributed by atoms with Gasteiger partial charge in [0.05, 0.1) is 11.4 Å². The van der Waals surface area contributed by atoms with E-state index < -0.39 is 10.0 Å². The number of aromatic nitrogens is 4. The lowest BCUT2D eigenvalue weighted by Gasteiger charge is -2.06. The second-order valence-electron chi connectivity index (χ2n) is 4.49. The molecular weight excluding hydrogens is 280 g/mol. The third kappa shape index (κ3) is 2.36. The van der Waals surface area contributed by atoms with Crippen LogP contribution in [-0.2, 0) is 23.6 Å². The average molecular weight is 298 g/mol. The van der Waals surface area contributed by atoms with Crippen molar-refractivity contribution in [3.63, 3.8) is 0 Å². The van der Waals surface area contributed by atoms with Crippen molar-refractivity contribution in [2.24, 2.45) is 7.05 Å². The summed E-state index contributed by atoms with van der Waals surface area (Å²) in [6.07, 6.45) is 1.50. The Kier molecular flexibility index (Phi) is 3.46. The van der Waals surface area contributed by atoms with Crippen molar-refractivity contribution < 1.29 is 8.42 Å². The molecule has 0 aliphatic carbocycles. The fourth-order valence-electron chi connectivity index (χ4n) is 1.90. The molecule has 0 fully saturated rings. The molecule has 8 nitrogen and oxygen atoms in total. The molecule has 2 heterocycles. The molecule has 0 saturated carbocycles. The molecule has 0 aromatic carbocycles. The van der Waals surface area contributed by atoms with Gasteiger partial charge in [-0.1, -0.05) is 0 Å². The summed E-state index contributed by atoms with van der Waals surface area (Å²) in [5.74, 6) is 0.883. The Morgan fingerprint density at radius 1 is 1.40 bits per heavy atom. The Labute approximate surface area is 117 Å². The Balaban J connectivity index is 2.40. The highest BCUT2D eigenvalue weighted by atomic mass is 32.2. The number of imidazole rings is 1. The Bertz CT molecular complexity index is 743. The van der Waals surface area contributed by atoms with Gasteiger partial charge < -0.3 is 10.3 Å². The minimum Gasteiger partial charge on any atom is -0.394 e. The van der Waals surface area contributed by atoms with Crippen LogP contribution in [-0.4, -0.2) is 27.7 Å². The highest BCUT2D eigenvalue weighted by Crippen LogP contribution is 2.24. The first-order chi connectivity index (χ1) is 9.26. The molecule has 0 unspecified atom stereocenters. The average Bonchev–Trinajstić information content (AvgIpc) is 2.86. The fourth-order valence-corrected chi connectivity index (χ4v) is 3.02. The molecular formula is C11H18N6O2S. The highest BCUT2D eigenvalue weighted by molar-refractivity contribution is 7.92. The van der Waals surface area contributed by atoms with Crippen molar-refractivity contribution in [2.45, 2.75) is 32.3 Å². The van der Waals surface area contributed by atoms with Gasteiger partial charge in [0.15, 0.2) is 10.8 Å². The number of nitrogens with one attached hydrogen (secondary N) is 1. The lowest BCUT2D eigenvalue weighted by Crippen LogP contribution is -2.16. The molecule has 0 bridgehead atoms. The molecule has 110 valence electrons. The number of sulfonamides is 1. The molecule has 0 saturated heterocycles. The van der Waals surface area contributed by atoms with Crippen molar-refractivity contribution in [2.75, 3.05) is 10.5 Å². The van der Waals surface area contributed by atoms with Crippen LogP contribution in [0, 0.1) is 13.8 Å². The van der Waals surface area contributed by atoms with Gasteiger partial charge in [-0.2, -0.15) is 13.5 Å². The maximum Gasteiger partial charge on any atom is 0.282 e. The van der Waals surface area contributed by atoms with Gasteiger partial charge in [-0.15, -0.1) is 0 Å². The molecule has 3 N–H and O–H groups in total. The molecule has 2 rings (SSSR count). The number of nitrogens with zero attached hydrogens (tertiary/aromatic N) is 4. The van der Waals surface area contributed by atoms with Crippen LogP contribution in [0.3, 0.4) is 0 Å². The zero-order valence-corrected chi connectivity index (χ0v) is 12.7. The van der Waals surface area contributed by atoms with E-state index in [0.29, 0.717) is 23.8 Å². The van der Waals surface area contributed by atoms with Crippen LogP contribution < -0.4 is 10.5 Å². The van der Waals surface area contributed by atoms with Crippen LogP contribution in [0.15, 0.2) is 11.2 Å². The van der Waals surface area contributed by atoms with Crippen LogP contribution in [0.5, 0.6) is 0 Å². The van der Waals surface area contributed by atoms with E-state index in [1.54, 1.807) is 25.5 Å². The van der Waals surface area contributed by atoms with Gasteiger partial charge in [-0.05, 0) is 20.8 Å². The van der Waals surface area contributed by atoms with E-state index in [1.807, 2.05) is 6.92 Å². The summed E-state index contributed by atoms with van der Waals surface area (Å²) in [6, 6.07) is 0. The normalized spacial score (nSPS) is 11.8. The van der Waals surface area contributed by atoms with Gasteiger partial charge in [0.2, 0.25) is 0 Å². The second-order valence-corrected chi connectivity index (χ2v) is 6.12. The number of anilines is 2. The fraction of sp³-hybridized carbons (Fsp3) is 0.455. The largest absolute Gasteiger partial charge is 0.394 e. The van der Waals surface area contributed by atoms with Crippen LogP contribution in [0.1, 0.15) is 18.4 Å². The van der Waals surface area contributed by atoms with Gasteiger partial charge in [0, 0.05) is 19.8 Å². The molecule has 2 aromatic rings. The SMILES string of the molecule is CCn1cc(S(=O)(=O)Nc2c(N)c(C)nn2C)nc1C. The minimum absolute atomic E-state index is 0.0323. The summed E-state index contributed by atoms with van der Waals surface area (Å²) in [5, 5.41) is 4.03. The predicted octanol–water partition coefficient (Wildman–Crippen LogP) is 0.636. The topological polar surface area (TPSA) is 108 Å². The Morgan fingerprint density at radius 3 is 2.50 bits per heavy atom. The third-order valence-electron chi connectivity index (χ3n) is 3.07. The van der Waals surface area contributed by atoms with E-state index in [9.17, 15) is 8.42 Å². The summed E-state index contributed by atoms with van der Waals surface area (Å²) in [4.78, 5) is 4.06. The van der Waals surface area contributed by atoms with Gasteiger partial charge in [0.1, 0.15) is 5.82 Å². The smallest absolute Gasteiger partial charge is 0.282 e. The van der Waals surface area contributed by atoms with Crippen molar-refractivity contribution >= 4 is 21.5 Å². The van der Waals surface area contributed by atoms with Crippen molar-refractivity contribution in [3.8, 4) is 0 Å². The van der Waals surface area contributed by atoms with Gasteiger partial charge in [0.25, 0.3) is 10.0 Å². The predicted molar refractivity (Wildman–Crippen MR) is 75.8 cm³/mol. The first-order valence-electron chi connectivity index (χ1n) is 6.12. The van der Waals surface area contributed by atoms with E-state index in [0.717, 1.165) is 0 Å². The standard InChI is InChI=1S/C11H18N6O2S/c1-5-17-6-9(13-8(17)3)20(18,19)15-11-10(12)7(2)14-16(11)4/h6,15H,5,12H2,1-4H3. The van der Waals surface area contributed by atoms with Crippen LogP contribution in [0.2, 0.25) is 0 Å². The summed E-state index contributed by atoms with van der Waals surface area (Å²) >= 11 is 0. The van der Waals surface area contributed by atoms with Crippen molar-refractivity contribution in [3.05, 3.63) is 17.7 Å². The van der Waals surface area contributed by atoms with E-state index in [1.165, 1.54) is 10.9 Å². The molecule has 0 aliphatic heterocycles. The number of rotatable bonds is 4. The maximum atomic E-state index is 12.3. The number of nitrogens with two attached hydrogens (primary N) is 1. The minimum atomic E-state index is -3.78. The lowest BCUT2D eigenvalue weighted by molar-refractivity contribution is 0.597. The Hall–Kier alpha value is -2.03. The summed E-state index contributed by atoms with van der Waals surface area (Å²) in [7, 11) is -2.16. The number of aryl methyl sites for hydroxylation is 4. The molecule has 9 heteroatoms. The molecule has 0 spiro atoms. The van der Waals surface area contributed by atoms with Crippen LogP contribution >= 0.6 is 0 Å². The van der Waals surface area contributed by atoms with Crippen molar-refractivity contribution in [1.82, 2.24) is 19.3 Å². The van der Waals surface area contributed by atoms with Gasteiger partial charge in [-0.25, -0.2) is 9.67 Å². The molecule has 0 atom stereocenters. The first-order valence-corrected chi connectivity index (χ1v) is 7.60. The number of hydrogen-bond donors (Lipinski definition) is 2. The highest BCUT2D eigenvalue weighted by Gasteiger charge is 2.22. The van der Waals surface area contributed by atoms with E-state index in [-0.39, 0.29) is 10.8 Å². The second kappa shape index (κ2) is 4.82. The first kappa shape index (κ1) is 14.4. The molecule has 0 aliphatic rings. The zero-order chi connectivity index (χ0) is 15.1. The van der Waals surface area contributed by atoms with E-state index >= 15 is 0 Å². The van der Waals surface area contributed by atoms with Crippen molar-refractivity contribution in [1.29, 1.82) is 0 Å². The number of hydrogen-bond acceptors (Lipinski definition) is 5. The third-order valence-corrected chi connectivity index (χ3v) is 4.28. The van der Waals surface area contributed by atoms with E-state index in [4.69, 9.17) is 5.73 Å². The molecule has 2 aromatic heterocycles. The van der Waals surface area contributed by atoms with Crippen LogP contribution in [0.25, 0.3) is 0 Å². The molecule has 20 heavy (non-hydrogen) atoms. The zero-order valence-electron chi connectivity index (χ0n) is 11.9. The van der Waals surface area contributed by atoms with Crippen LogP contribution in [0.4, 0.5) is 11.5 Å². The summed E-state index contributed by atoms with van der Waals surface area (Å²) in [5.41, 5.74) is 6.69. The summed E-state index contributed by atoms with van der Waals surface area (Å²) in [6.45, 7) is 6.04. The quantitative estimate of drug-likeness (QED) is 0.861. The maximum absolute atomic E-state index is 12.3. The van der Waals surface area contributed by atoms with Gasteiger partial charge in [-0.3, -0.25) is 4.72 Å². The lowest BCUT2D eigenvalue weighted by atomic mass is 10.4. The molecule has 0 amide bonds. The number of nitrogen functional groups attached to an aromatic ring is 1. The van der Waals surface area contributed by atoms with E-state index in [2.05, 4.69) is 14.8 Å². The monoisotopic (exact) mass is 298 g/mol. The molecule has 0 radical (unpaired) electrons. The van der Waals surface area contributed by atoms with Gasteiger partial charge >= 0.3 is 0 Å².